The summed E-state index contributed by atoms with van der Waals surface area (Å²) < 4.78 is 72.4. The number of nitrogens with zero attached hydrogens (tertiary/aromatic N) is 6. The third kappa shape index (κ3) is 7.62. The van der Waals surface area contributed by atoms with Crippen molar-refractivity contribution in [2.24, 2.45) is 5.92 Å². The molecule has 1 aromatic carbocycles. The highest BCUT2D eigenvalue weighted by molar-refractivity contribution is 7.92. The van der Waals surface area contributed by atoms with Gasteiger partial charge in [-0.25, -0.2) is 18.4 Å². The fraction of sp³-hybridized carbons (Fsp3) is 0.485. The van der Waals surface area contributed by atoms with Crippen LogP contribution in [0.25, 0.3) is 21.1 Å². The number of thiophene rings is 1. The van der Waals surface area contributed by atoms with Gasteiger partial charge in [0, 0.05) is 72.6 Å². The molecule has 0 atom stereocenters. The van der Waals surface area contributed by atoms with Crippen molar-refractivity contribution in [2.75, 3.05) is 38.6 Å². The summed E-state index contributed by atoms with van der Waals surface area (Å²) in [7, 11) is -1.75. The molecule has 0 radical (unpaired) electrons. The number of benzene rings is 1. The quantitative estimate of drug-likeness (QED) is 0.194. The highest BCUT2D eigenvalue weighted by Gasteiger charge is 2.30. The van der Waals surface area contributed by atoms with Crippen LogP contribution in [0.2, 0.25) is 0 Å². The van der Waals surface area contributed by atoms with E-state index in [0.29, 0.717) is 53.8 Å². The molecule has 0 unspecified atom stereocenters. The highest BCUT2D eigenvalue weighted by atomic mass is 32.2. The van der Waals surface area contributed by atoms with Gasteiger partial charge >= 0.3 is 6.18 Å². The number of sulfonamides is 1. The maximum absolute atomic E-state index is 12.9. The van der Waals surface area contributed by atoms with E-state index < -0.39 is 22.6 Å². The van der Waals surface area contributed by atoms with Crippen molar-refractivity contribution in [1.29, 1.82) is 5.26 Å². The Labute approximate surface area is 281 Å². The van der Waals surface area contributed by atoms with Crippen LogP contribution in [0, 0.1) is 17.2 Å². The Morgan fingerprint density at radius 2 is 1.88 bits per heavy atom. The fourth-order valence-corrected chi connectivity index (χ4v) is 8.79. The number of piperidine rings is 2. The number of alkyl halides is 3. The molecule has 5 heterocycles. The number of rotatable bonds is 11. The zero-order chi connectivity index (χ0) is 34.1. The number of hydrogen-bond donors (Lipinski definition) is 1. The van der Waals surface area contributed by atoms with Crippen LogP contribution in [0.3, 0.4) is 0 Å². The second kappa shape index (κ2) is 14.0. The summed E-state index contributed by atoms with van der Waals surface area (Å²) in [5, 5.41) is 16.0. The van der Waals surface area contributed by atoms with Gasteiger partial charge in [-0.1, -0.05) is 6.58 Å². The van der Waals surface area contributed by atoms with Crippen molar-refractivity contribution >= 4 is 48.3 Å². The third-order valence-electron chi connectivity index (χ3n) is 9.40. The lowest BCUT2D eigenvalue weighted by atomic mass is 9.94. The smallest absolute Gasteiger partial charge is 0.393 e. The van der Waals surface area contributed by atoms with E-state index in [0.717, 1.165) is 84.2 Å². The van der Waals surface area contributed by atoms with Crippen molar-refractivity contribution in [3.05, 3.63) is 58.7 Å². The van der Waals surface area contributed by atoms with Gasteiger partial charge in [-0.15, -0.1) is 11.3 Å². The third-order valence-corrected chi connectivity index (χ3v) is 11.9. The average molecular weight is 702 g/mol. The average Bonchev–Trinajstić information content (AvgIpc) is 3.63. The topological polar surface area (TPSA) is 116 Å². The van der Waals surface area contributed by atoms with Crippen LogP contribution >= 0.6 is 11.3 Å². The minimum absolute atomic E-state index is 0.125. The number of hydrogen-bond acceptors (Lipinski definition) is 9. The lowest BCUT2D eigenvalue weighted by molar-refractivity contribution is -0.126. The van der Waals surface area contributed by atoms with Crippen LogP contribution in [0.4, 0.5) is 19.0 Å². The summed E-state index contributed by atoms with van der Waals surface area (Å²) >= 11 is 1.05. The molecule has 0 spiro atoms. The van der Waals surface area contributed by atoms with Gasteiger partial charge in [0.1, 0.15) is 34.5 Å². The number of nitrogens with one attached hydrogen (secondary N) is 1. The van der Waals surface area contributed by atoms with Gasteiger partial charge in [0.15, 0.2) is 0 Å². The van der Waals surface area contributed by atoms with Crippen LogP contribution in [0.15, 0.2) is 42.6 Å². The molecule has 0 saturated carbocycles. The predicted molar refractivity (Wildman–Crippen MR) is 180 cm³/mol. The summed E-state index contributed by atoms with van der Waals surface area (Å²) in [6.45, 7) is 7.34. The van der Waals surface area contributed by atoms with Crippen LogP contribution < -0.4 is 10.1 Å². The molecule has 2 fully saturated rings. The Hall–Kier alpha value is -3.71. The lowest BCUT2D eigenvalue weighted by Gasteiger charge is -2.33. The predicted octanol–water partition coefficient (Wildman–Crippen LogP) is 6.28. The second-order valence-electron chi connectivity index (χ2n) is 12.5. The number of halogens is 3. The number of fused-ring (bicyclic) bond motifs is 2. The largest absolute Gasteiger partial charge is 0.496 e. The zero-order valence-corrected chi connectivity index (χ0v) is 28.3. The minimum atomic E-state index is -4.27. The van der Waals surface area contributed by atoms with E-state index in [1.165, 1.54) is 10.6 Å². The van der Waals surface area contributed by atoms with Gasteiger partial charge in [-0.2, -0.15) is 22.7 Å². The van der Waals surface area contributed by atoms with Crippen molar-refractivity contribution in [3.63, 3.8) is 0 Å². The Morgan fingerprint density at radius 1 is 1.12 bits per heavy atom. The Morgan fingerprint density at radius 3 is 2.54 bits per heavy atom. The molecule has 2 saturated heterocycles. The molecule has 4 aromatic rings. The molecule has 1 N–H and O–H groups in total. The Bertz CT molecular complexity index is 1940. The maximum Gasteiger partial charge on any atom is 0.393 e. The van der Waals surface area contributed by atoms with E-state index in [1.807, 2.05) is 16.7 Å². The van der Waals surface area contributed by atoms with Crippen LogP contribution in [-0.2, 0) is 29.5 Å². The molecule has 6 rings (SSSR count). The molecule has 15 heteroatoms. The SMILES string of the molecule is C=CS(=O)(=O)N1CCC(CCn2c(C#N)cc3cc(CN4CCC(Nc5ncnc6sc(CC(F)(F)F)cc56)CC4)c(OC)cc32)CC1. The fourth-order valence-electron chi connectivity index (χ4n) is 6.83. The summed E-state index contributed by atoms with van der Waals surface area (Å²) in [4.78, 5) is 11.6. The maximum atomic E-state index is 12.9. The Kier molecular flexibility index (Phi) is 9.98. The first-order valence-electron chi connectivity index (χ1n) is 16.0. The first-order chi connectivity index (χ1) is 23.0. The molecule has 10 nitrogen and oxygen atoms in total. The number of nitriles is 1. The molecule has 48 heavy (non-hydrogen) atoms. The van der Waals surface area contributed by atoms with Gasteiger partial charge < -0.3 is 14.6 Å². The van der Waals surface area contributed by atoms with E-state index in [-0.39, 0.29) is 10.9 Å². The molecule has 3 aromatic heterocycles. The molecule has 0 amide bonds. The normalized spacial score (nSPS) is 17.6. The Balaban J connectivity index is 1.08. The van der Waals surface area contributed by atoms with E-state index in [1.54, 1.807) is 13.2 Å². The standard InChI is InChI=1S/C33H38F3N7O3S2/c1-3-48(44,45)42-11-4-22(5-12-42)6-13-43-26(19-37)15-23-14-24(30(46-2)17-29(23)43)20-41-9-7-25(8-10-41)40-31-28-16-27(18-33(34,35)36)47-32(28)39-21-38-31/h3,14-17,21-22,25H,1,4-13,18,20H2,2H3,(H,38,39,40). The number of anilines is 1. The van der Waals surface area contributed by atoms with Crippen molar-refractivity contribution < 1.29 is 26.3 Å². The van der Waals surface area contributed by atoms with Crippen LogP contribution in [0.1, 0.15) is 48.2 Å². The molecular formula is C33H38F3N7O3S2. The van der Waals surface area contributed by atoms with Gasteiger partial charge in [-0.05, 0) is 56.2 Å². The van der Waals surface area contributed by atoms with Crippen molar-refractivity contribution in [3.8, 4) is 11.8 Å². The van der Waals surface area contributed by atoms with Crippen molar-refractivity contribution in [2.45, 2.75) is 63.8 Å². The molecular weight excluding hydrogens is 664 g/mol. The van der Waals surface area contributed by atoms with Crippen LogP contribution in [-0.4, -0.2) is 77.7 Å². The minimum Gasteiger partial charge on any atom is -0.496 e. The van der Waals surface area contributed by atoms with Crippen molar-refractivity contribution in [1.82, 2.24) is 23.7 Å². The van der Waals surface area contributed by atoms with Gasteiger partial charge in [-0.3, -0.25) is 4.90 Å². The number of ether oxygens (including phenoxy) is 1. The summed E-state index contributed by atoms with van der Waals surface area (Å²) in [5.41, 5.74) is 2.55. The molecule has 2 aliphatic heterocycles. The van der Waals surface area contributed by atoms with Gasteiger partial charge in [0.2, 0.25) is 10.0 Å². The molecule has 0 aliphatic carbocycles. The molecule has 0 bridgehead atoms. The van der Waals surface area contributed by atoms with Gasteiger partial charge in [0.25, 0.3) is 0 Å². The monoisotopic (exact) mass is 701 g/mol. The number of likely N-dealkylation sites (tertiary alicyclic amines) is 1. The van der Waals surface area contributed by atoms with Gasteiger partial charge in [0.05, 0.1) is 24.4 Å². The van der Waals surface area contributed by atoms with E-state index in [4.69, 9.17) is 4.74 Å². The summed E-state index contributed by atoms with van der Waals surface area (Å²) in [5.74, 6) is 1.69. The molecule has 2 aliphatic rings. The number of aromatic nitrogens is 3. The first kappa shape index (κ1) is 34.2. The zero-order valence-electron chi connectivity index (χ0n) is 26.7. The van der Waals surface area contributed by atoms with E-state index >= 15 is 0 Å². The highest BCUT2D eigenvalue weighted by Crippen LogP contribution is 2.34. The summed E-state index contributed by atoms with van der Waals surface area (Å²) in [6, 6.07) is 10.0. The van der Waals surface area contributed by atoms with Crippen LogP contribution in [0.5, 0.6) is 5.75 Å². The summed E-state index contributed by atoms with van der Waals surface area (Å²) in [6.07, 6.45) is 0.201. The molecule has 256 valence electrons. The van der Waals surface area contributed by atoms with E-state index in [9.17, 15) is 26.9 Å². The second-order valence-corrected chi connectivity index (χ2v) is 15.5. The first-order valence-corrected chi connectivity index (χ1v) is 18.3. The lowest BCUT2D eigenvalue weighted by Crippen LogP contribution is -2.38. The number of aryl methyl sites for hydroxylation is 1. The number of methoxy groups -OCH3 is 1. The van der Waals surface area contributed by atoms with E-state index in [2.05, 4.69) is 38.9 Å².